The smallest absolute Gasteiger partial charge is 0.273 e. The maximum absolute atomic E-state index is 12.4. The molecule has 3 rings (SSSR count). The van der Waals surface area contributed by atoms with Crippen LogP contribution >= 0.6 is 0 Å². The van der Waals surface area contributed by atoms with E-state index in [9.17, 15) is 14.4 Å². The van der Waals surface area contributed by atoms with Crippen molar-refractivity contribution < 1.29 is 19.6 Å². The summed E-state index contributed by atoms with van der Waals surface area (Å²) in [6.45, 7) is 0.346. The van der Waals surface area contributed by atoms with E-state index >= 15 is 0 Å². The van der Waals surface area contributed by atoms with Crippen LogP contribution in [0.2, 0.25) is 0 Å². The van der Waals surface area contributed by atoms with Gasteiger partial charge in [0.15, 0.2) is 5.69 Å². The summed E-state index contributed by atoms with van der Waals surface area (Å²) in [6.07, 6.45) is 7.88. The summed E-state index contributed by atoms with van der Waals surface area (Å²) in [6, 6.07) is 5.31. The molecule has 2 aromatic heterocycles. The number of amides is 3. The lowest BCUT2D eigenvalue weighted by atomic mass is 10.1. The number of benzene rings is 1. The standard InChI is InChI=1S/C20H24N8O4/c29-17(26-32)8-3-1-2-4-9-23-20(31)16-12-28(27-25-16)13-18(30)24-15-7-5-6-14-19(15)22-11-10-21-14/h5-7,10-12,32H,1-4,8-9,13H2,(H,23,31)(H,24,30)(H,26,29). The highest BCUT2D eigenvalue weighted by molar-refractivity contribution is 5.99. The first kappa shape index (κ1) is 22.7. The predicted octanol–water partition coefficient (Wildman–Crippen LogP) is 1.05. The molecule has 0 spiro atoms. The minimum atomic E-state index is -0.402. The number of fused-ring (bicyclic) bond motifs is 1. The van der Waals surface area contributed by atoms with Gasteiger partial charge in [0, 0.05) is 25.4 Å². The van der Waals surface area contributed by atoms with Crippen LogP contribution < -0.4 is 16.1 Å². The van der Waals surface area contributed by atoms with Crippen LogP contribution in [0.25, 0.3) is 11.0 Å². The molecule has 2 heterocycles. The number of carbonyl (C=O) groups is 3. The third kappa shape index (κ3) is 6.54. The Morgan fingerprint density at radius 1 is 1.00 bits per heavy atom. The van der Waals surface area contributed by atoms with E-state index < -0.39 is 5.91 Å². The second-order valence-electron chi connectivity index (χ2n) is 7.03. The average Bonchev–Trinajstić information content (AvgIpc) is 3.26. The fourth-order valence-corrected chi connectivity index (χ4v) is 3.02. The van der Waals surface area contributed by atoms with Gasteiger partial charge in [0.25, 0.3) is 5.91 Å². The van der Waals surface area contributed by atoms with Crippen molar-refractivity contribution in [2.75, 3.05) is 11.9 Å². The number of hydroxylamine groups is 1. The molecule has 4 N–H and O–H groups in total. The number of aromatic nitrogens is 5. The van der Waals surface area contributed by atoms with Gasteiger partial charge in [-0.05, 0) is 25.0 Å². The second kappa shape index (κ2) is 11.5. The van der Waals surface area contributed by atoms with Crippen LogP contribution in [0.5, 0.6) is 0 Å². The van der Waals surface area contributed by atoms with E-state index in [1.54, 1.807) is 36.1 Å². The van der Waals surface area contributed by atoms with Crippen LogP contribution in [0.15, 0.2) is 36.8 Å². The SMILES string of the molecule is O=C(CCCCCCNC(=O)c1cn(CC(=O)Nc2cccc3nccnc23)nn1)NO. The van der Waals surface area contributed by atoms with Crippen LogP contribution in [0.1, 0.15) is 42.6 Å². The first-order valence-corrected chi connectivity index (χ1v) is 10.2. The molecule has 0 saturated carbocycles. The van der Waals surface area contributed by atoms with Crippen LogP contribution in [0, 0.1) is 0 Å². The second-order valence-corrected chi connectivity index (χ2v) is 7.03. The number of nitrogens with zero attached hydrogens (tertiary/aromatic N) is 5. The average molecular weight is 440 g/mol. The number of para-hydroxylation sites is 1. The molecule has 12 heteroatoms. The highest BCUT2D eigenvalue weighted by Crippen LogP contribution is 2.18. The van der Waals surface area contributed by atoms with Crippen molar-refractivity contribution in [3.63, 3.8) is 0 Å². The van der Waals surface area contributed by atoms with Crippen LogP contribution in [-0.2, 0) is 16.1 Å². The van der Waals surface area contributed by atoms with Gasteiger partial charge in [0.05, 0.1) is 17.4 Å². The Balaban J connectivity index is 1.41. The molecule has 0 saturated heterocycles. The summed E-state index contributed by atoms with van der Waals surface area (Å²) in [5, 5.41) is 21.6. The summed E-state index contributed by atoms with van der Waals surface area (Å²) in [4.78, 5) is 43.9. The molecule has 0 fully saturated rings. The van der Waals surface area contributed by atoms with Gasteiger partial charge in [-0.1, -0.05) is 24.1 Å². The number of hydrogen-bond donors (Lipinski definition) is 4. The van der Waals surface area contributed by atoms with E-state index in [1.165, 1.54) is 10.9 Å². The topological polar surface area (TPSA) is 164 Å². The van der Waals surface area contributed by atoms with Crippen LogP contribution in [0.4, 0.5) is 5.69 Å². The molecular weight excluding hydrogens is 416 g/mol. The van der Waals surface area contributed by atoms with Crippen molar-refractivity contribution >= 4 is 34.4 Å². The molecule has 0 radical (unpaired) electrons. The van der Waals surface area contributed by atoms with Gasteiger partial charge < -0.3 is 10.6 Å². The maximum Gasteiger partial charge on any atom is 0.273 e. The molecule has 0 atom stereocenters. The highest BCUT2D eigenvalue weighted by Gasteiger charge is 2.13. The molecule has 0 bridgehead atoms. The van der Waals surface area contributed by atoms with Gasteiger partial charge in [-0.15, -0.1) is 5.10 Å². The van der Waals surface area contributed by atoms with E-state index in [0.29, 0.717) is 29.7 Å². The van der Waals surface area contributed by atoms with Gasteiger partial charge in [-0.25, -0.2) is 10.2 Å². The normalized spacial score (nSPS) is 10.7. The van der Waals surface area contributed by atoms with E-state index in [2.05, 4.69) is 30.9 Å². The summed E-state index contributed by atoms with van der Waals surface area (Å²) >= 11 is 0. The Labute approximate surface area is 183 Å². The zero-order valence-electron chi connectivity index (χ0n) is 17.3. The van der Waals surface area contributed by atoms with Crippen LogP contribution in [-0.4, -0.2) is 54.4 Å². The predicted molar refractivity (Wildman–Crippen MR) is 114 cm³/mol. The Hall–Kier alpha value is -3.93. The van der Waals surface area contributed by atoms with E-state index in [-0.39, 0.29) is 30.5 Å². The van der Waals surface area contributed by atoms with Crippen molar-refractivity contribution in [1.82, 2.24) is 35.8 Å². The first-order valence-electron chi connectivity index (χ1n) is 10.2. The molecule has 3 amide bonds. The number of rotatable bonds is 11. The molecule has 168 valence electrons. The lowest BCUT2D eigenvalue weighted by molar-refractivity contribution is -0.129. The third-order valence-electron chi connectivity index (χ3n) is 4.59. The van der Waals surface area contributed by atoms with E-state index in [1.807, 2.05) is 0 Å². The number of hydrogen-bond acceptors (Lipinski definition) is 8. The Morgan fingerprint density at radius 3 is 2.66 bits per heavy atom. The molecule has 1 aromatic carbocycles. The third-order valence-corrected chi connectivity index (χ3v) is 4.59. The molecule has 0 aliphatic carbocycles. The van der Waals surface area contributed by atoms with E-state index in [4.69, 9.17) is 5.21 Å². The van der Waals surface area contributed by atoms with Crippen LogP contribution in [0.3, 0.4) is 0 Å². The Morgan fingerprint density at radius 2 is 1.81 bits per heavy atom. The number of anilines is 1. The maximum atomic E-state index is 12.4. The number of carbonyl (C=O) groups excluding carboxylic acids is 3. The lowest BCUT2D eigenvalue weighted by Gasteiger charge is -2.07. The number of nitrogens with one attached hydrogen (secondary N) is 3. The minimum Gasteiger partial charge on any atom is -0.351 e. The Kier molecular flexibility index (Phi) is 8.15. The summed E-state index contributed by atoms with van der Waals surface area (Å²) in [5.74, 6) is -1.11. The van der Waals surface area contributed by atoms with Gasteiger partial charge in [-0.2, -0.15) is 0 Å². The summed E-state index contributed by atoms with van der Waals surface area (Å²) in [5.41, 5.74) is 3.50. The molecule has 0 aliphatic heterocycles. The zero-order chi connectivity index (χ0) is 22.8. The van der Waals surface area contributed by atoms with Crippen molar-refractivity contribution in [3.8, 4) is 0 Å². The van der Waals surface area contributed by atoms with Gasteiger partial charge in [0.1, 0.15) is 12.1 Å². The van der Waals surface area contributed by atoms with Gasteiger partial charge in [-0.3, -0.25) is 29.6 Å². The van der Waals surface area contributed by atoms with Crippen molar-refractivity contribution in [2.24, 2.45) is 0 Å². The van der Waals surface area contributed by atoms with Gasteiger partial charge >= 0.3 is 0 Å². The largest absolute Gasteiger partial charge is 0.351 e. The molecule has 0 aliphatic rings. The van der Waals surface area contributed by atoms with E-state index in [0.717, 1.165) is 19.3 Å². The molecule has 3 aromatic rings. The molecular formula is C20H24N8O4. The number of unbranched alkanes of at least 4 members (excludes halogenated alkanes) is 3. The van der Waals surface area contributed by atoms with Crippen molar-refractivity contribution in [2.45, 2.75) is 38.6 Å². The lowest BCUT2D eigenvalue weighted by Crippen LogP contribution is -2.25. The summed E-state index contributed by atoms with van der Waals surface area (Å²) in [7, 11) is 0. The van der Waals surface area contributed by atoms with Crippen molar-refractivity contribution in [3.05, 3.63) is 42.5 Å². The first-order chi connectivity index (χ1) is 15.6. The fourth-order valence-electron chi connectivity index (χ4n) is 3.02. The molecule has 12 nitrogen and oxygen atoms in total. The Bertz CT molecular complexity index is 1080. The summed E-state index contributed by atoms with van der Waals surface area (Å²) < 4.78 is 1.28. The molecule has 32 heavy (non-hydrogen) atoms. The highest BCUT2D eigenvalue weighted by atomic mass is 16.5. The van der Waals surface area contributed by atoms with Crippen molar-refractivity contribution in [1.29, 1.82) is 0 Å². The minimum absolute atomic E-state index is 0.113. The van der Waals surface area contributed by atoms with Gasteiger partial charge in [0.2, 0.25) is 11.8 Å². The zero-order valence-corrected chi connectivity index (χ0v) is 17.3. The molecule has 0 unspecified atom stereocenters. The monoisotopic (exact) mass is 440 g/mol. The fraction of sp³-hybridized carbons (Fsp3) is 0.350. The quantitative estimate of drug-likeness (QED) is 0.195.